The summed E-state index contributed by atoms with van der Waals surface area (Å²) >= 11 is 3.26. The highest BCUT2D eigenvalue weighted by Gasteiger charge is 2.27. The number of amides is 1. The summed E-state index contributed by atoms with van der Waals surface area (Å²) in [5.41, 5.74) is 4.00. The Morgan fingerprint density at radius 1 is 1.09 bits per heavy atom. The summed E-state index contributed by atoms with van der Waals surface area (Å²) in [4.78, 5) is 19.0. The Morgan fingerprint density at radius 3 is 2.65 bits per heavy atom. The molecule has 34 heavy (non-hydrogen) atoms. The van der Waals surface area contributed by atoms with E-state index in [9.17, 15) is 13.2 Å². The number of thiophene rings is 1. The molecule has 1 aliphatic rings. The van der Waals surface area contributed by atoms with Gasteiger partial charge in [-0.1, -0.05) is 49.4 Å². The van der Waals surface area contributed by atoms with E-state index in [-0.39, 0.29) is 23.8 Å². The predicted molar refractivity (Wildman–Crippen MR) is 141 cm³/mol. The number of aromatic nitrogens is 1. The highest BCUT2D eigenvalue weighted by Crippen LogP contribution is 2.47. The Kier molecular flexibility index (Phi) is 6.55. The van der Waals surface area contributed by atoms with Crippen LogP contribution < -0.4 is 5.32 Å². The molecule has 1 unspecified atom stereocenters. The van der Waals surface area contributed by atoms with E-state index < -0.39 is 9.84 Å². The SMILES string of the molecule is CC1CCc2c(sc(NC(=O)CCS(=O)(=O)Cc3ccccc3)c2-c2nc3ccccc3s2)C1. The zero-order valence-electron chi connectivity index (χ0n) is 18.9. The molecular formula is C26H26N2O3S3. The monoisotopic (exact) mass is 510 g/mol. The summed E-state index contributed by atoms with van der Waals surface area (Å²) in [7, 11) is -3.38. The van der Waals surface area contributed by atoms with Crippen LogP contribution in [0.4, 0.5) is 5.00 Å². The van der Waals surface area contributed by atoms with Crippen LogP contribution in [0.1, 0.15) is 35.8 Å². The summed E-state index contributed by atoms with van der Waals surface area (Å²) in [5.74, 6) is 0.113. The molecule has 0 bridgehead atoms. The Balaban J connectivity index is 1.37. The van der Waals surface area contributed by atoms with E-state index in [1.807, 2.05) is 36.4 Å². The lowest BCUT2D eigenvalue weighted by Crippen LogP contribution is -2.18. The Labute approximate surface area is 207 Å². The fourth-order valence-corrected chi connectivity index (χ4v) is 8.26. The van der Waals surface area contributed by atoms with Crippen LogP contribution in [0.3, 0.4) is 0 Å². The molecule has 0 aliphatic heterocycles. The van der Waals surface area contributed by atoms with Crippen molar-refractivity contribution in [2.75, 3.05) is 11.1 Å². The van der Waals surface area contributed by atoms with Gasteiger partial charge < -0.3 is 5.32 Å². The maximum atomic E-state index is 12.9. The molecule has 8 heteroatoms. The van der Waals surface area contributed by atoms with Crippen LogP contribution in [0.5, 0.6) is 0 Å². The minimum atomic E-state index is -3.38. The molecule has 0 fully saturated rings. The topological polar surface area (TPSA) is 76.1 Å². The third-order valence-corrected chi connectivity index (χ3v) is 9.96. The lowest BCUT2D eigenvalue weighted by Gasteiger charge is -2.18. The second-order valence-electron chi connectivity index (χ2n) is 8.92. The first kappa shape index (κ1) is 23.2. The summed E-state index contributed by atoms with van der Waals surface area (Å²) in [5, 5.41) is 4.76. The lowest BCUT2D eigenvalue weighted by molar-refractivity contribution is -0.115. The molecule has 2 aromatic carbocycles. The van der Waals surface area contributed by atoms with Gasteiger partial charge >= 0.3 is 0 Å². The molecule has 176 valence electrons. The number of benzene rings is 2. The smallest absolute Gasteiger partial charge is 0.226 e. The average Bonchev–Trinajstić information content (AvgIpc) is 3.38. The van der Waals surface area contributed by atoms with Crippen LogP contribution in [0.15, 0.2) is 54.6 Å². The van der Waals surface area contributed by atoms with Crippen LogP contribution in [-0.2, 0) is 33.2 Å². The summed E-state index contributed by atoms with van der Waals surface area (Å²) in [6.07, 6.45) is 3.03. The number of rotatable bonds is 7. The Morgan fingerprint density at radius 2 is 1.85 bits per heavy atom. The van der Waals surface area contributed by atoms with E-state index in [4.69, 9.17) is 4.98 Å². The summed E-state index contributed by atoms with van der Waals surface area (Å²) < 4.78 is 26.2. The number of sulfone groups is 1. The molecule has 5 rings (SSSR count). The van der Waals surface area contributed by atoms with E-state index in [0.717, 1.165) is 50.6 Å². The second-order valence-corrected chi connectivity index (χ2v) is 13.2. The van der Waals surface area contributed by atoms with E-state index in [1.165, 1.54) is 10.4 Å². The van der Waals surface area contributed by atoms with Gasteiger partial charge in [-0.15, -0.1) is 22.7 Å². The van der Waals surface area contributed by atoms with Gasteiger partial charge in [-0.3, -0.25) is 4.79 Å². The molecular weight excluding hydrogens is 484 g/mol. The molecule has 1 atom stereocenters. The standard InChI is InChI=1S/C26H26N2O3S3/c1-17-11-12-19-22(15-17)33-26(24(19)25-27-20-9-5-6-10-21(20)32-25)28-23(29)13-14-34(30,31)16-18-7-3-2-4-8-18/h2-10,17H,11-16H2,1H3,(H,28,29). The number of fused-ring (bicyclic) bond motifs is 2. The molecule has 4 aromatic rings. The van der Waals surface area contributed by atoms with Gasteiger partial charge in [0.1, 0.15) is 10.0 Å². The minimum absolute atomic E-state index is 0.0523. The van der Waals surface area contributed by atoms with Gasteiger partial charge in [0.25, 0.3) is 0 Å². The summed E-state index contributed by atoms with van der Waals surface area (Å²) in [6, 6.07) is 17.1. The van der Waals surface area contributed by atoms with Gasteiger partial charge in [0.05, 0.1) is 21.7 Å². The number of hydrogen-bond acceptors (Lipinski definition) is 6. The van der Waals surface area contributed by atoms with Crippen LogP contribution in [0.25, 0.3) is 20.8 Å². The largest absolute Gasteiger partial charge is 0.317 e. The highest BCUT2D eigenvalue weighted by molar-refractivity contribution is 7.90. The fourth-order valence-electron chi connectivity index (χ4n) is 4.38. The van der Waals surface area contributed by atoms with Crippen molar-refractivity contribution >= 4 is 53.6 Å². The Hall–Kier alpha value is -2.55. The zero-order valence-corrected chi connectivity index (χ0v) is 21.4. The first-order valence-corrected chi connectivity index (χ1v) is 14.9. The second kappa shape index (κ2) is 9.60. The molecule has 1 aliphatic carbocycles. The number of para-hydroxylation sites is 1. The van der Waals surface area contributed by atoms with Gasteiger partial charge in [-0.05, 0) is 48.4 Å². The molecule has 0 radical (unpaired) electrons. The van der Waals surface area contributed by atoms with E-state index >= 15 is 0 Å². The third kappa shape index (κ3) is 5.09. The van der Waals surface area contributed by atoms with Crippen molar-refractivity contribution in [2.45, 2.75) is 38.4 Å². The number of carbonyl (C=O) groups is 1. The number of carbonyl (C=O) groups excluding carboxylic acids is 1. The number of nitrogens with zero attached hydrogens (tertiary/aromatic N) is 1. The summed E-state index contributed by atoms with van der Waals surface area (Å²) in [6.45, 7) is 2.26. The number of thiazole rings is 1. The van der Waals surface area contributed by atoms with Gasteiger partial charge in [-0.25, -0.2) is 13.4 Å². The van der Waals surface area contributed by atoms with Crippen molar-refractivity contribution in [1.82, 2.24) is 4.98 Å². The molecule has 1 N–H and O–H groups in total. The van der Waals surface area contributed by atoms with Crippen molar-refractivity contribution in [1.29, 1.82) is 0 Å². The van der Waals surface area contributed by atoms with E-state index in [2.05, 4.69) is 18.3 Å². The maximum absolute atomic E-state index is 12.9. The van der Waals surface area contributed by atoms with Crippen molar-refractivity contribution < 1.29 is 13.2 Å². The quantitative estimate of drug-likeness (QED) is 0.326. The highest BCUT2D eigenvalue weighted by atomic mass is 32.2. The lowest BCUT2D eigenvalue weighted by atomic mass is 9.88. The predicted octanol–water partition coefficient (Wildman–Crippen LogP) is 6.09. The van der Waals surface area contributed by atoms with Crippen molar-refractivity contribution in [3.63, 3.8) is 0 Å². The van der Waals surface area contributed by atoms with Crippen molar-refractivity contribution in [2.24, 2.45) is 5.92 Å². The molecule has 0 spiro atoms. The average molecular weight is 511 g/mol. The van der Waals surface area contributed by atoms with Gasteiger partial charge in [0, 0.05) is 16.9 Å². The number of anilines is 1. The molecule has 0 saturated heterocycles. The van der Waals surface area contributed by atoms with Crippen LogP contribution in [0.2, 0.25) is 0 Å². The fraction of sp³-hybridized carbons (Fsp3) is 0.308. The normalized spacial score (nSPS) is 15.9. The molecule has 2 aromatic heterocycles. The molecule has 0 saturated carbocycles. The van der Waals surface area contributed by atoms with E-state index in [0.29, 0.717) is 5.92 Å². The molecule has 1 amide bonds. The van der Waals surface area contributed by atoms with Gasteiger partial charge in [-0.2, -0.15) is 0 Å². The number of nitrogens with one attached hydrogen (secondary N) is 1. The van der Waals surface area contributed by atoms with Gasteiger partial charge in [0.15, 0.2) is 9.84 Å². The zero-order chi connectivity index (χ0) is 23.7. The minimum Gasteiger partial charge on any atom is -0.317 e. The molecule has 2 heterocycles. The van der Waals surface area contributed by atoms with Crippen LogP contribution in [0, 0.1) is 5.92 Å². The first-order chi connectivity index (χ1) is 16.4. The van der Waals surface area contributed by atoms with Crippen LogP contribution >= 0.6 is 22.7 Å². The maximum Gasteiger partial charge on any atom is 0.226 e. The third-order valence-electron chi connectivity index (χ3n) is 6.14. The van der Waals surface area contributed by atoms with Crippen LogP contribution in [-0.4, -0.2) is 25.1 Å². The van der Waals surface area contributed by atoms with E-state index in [1.54, 1.807) is 34.8 Å². The first-order valence-electron chi connectivity index (χ1n) is 11.4. The Bertz CT molecular complexity index is 1410. The number of hydrogen-bond donors (Lipinski definition) is 1. The van der Waals surface area contributed by atoms with Gasteiger partial charge in [0.2, 0.25) is 5.91 Å². The molecule has 5 nitrogen and oxygen atoms in total. The van der Waals surface area contributed by atoms with Crippen molar-refractivity contribution in [3.05, 3.63) is 70.6 Å². The van der Waals surface area contributed by atoms with Crippen molar-refractivity contribution in [3.8, 4) is 10.6 Å².